The Morgan fingerprint density at radius 3 is 2.95 bits per heavy atom. The molecule has 0 spiro atoms. The van der Waals surface area contributed by atoms with Crippen molar-refractivity contribution in [3.05, 3.63) is 47.9 Å². The van der Waals surface area contributed by atoms with Crippen LogP contribution in [0.5, 0.6) is 11.5 Å². The van der Waals surface area contributed by atoms with Crippen molar-refractivity contribution in [1.29, 1.82) is 5.26 Å². The smallest absolute Gasteiger partial charge is 0.161 e. The van der Waals surface area contributed by atoms with Gasteiger partial charge in [-0.05, 0) is 36.8 Å². The largest absolute Gasteiger partial charge is 0.504 e. The molecule has 5 heteroatoms. The summed E-state index contributed by atoms with van der Waals surface area (Å²) in [6, 6.07) is 10.2. The average molecular weight is 272 g/mol. The fourth-order valence-corrected chi connectivity index (χ4v) is 1.84. The Kier molecular flexibility index (Phi) is 4.64. The number of furan rings is 1. The first kappa shape index (κ1) is 14.0. The number of rotatable bonds is 6. The number of phenols is 1. The van der Waals surface area contributed by atoms with Gasteiger partial charge in [0.2, 0.25) is 0 Å². The Morgan fingerprint density at radius 1 is 1.45 bits per heavy atom. The molecule has 1 unspecified atom stereocenters. The first-order chi connectivity index (χ1) is 9.74. The lowest BCUT2D eigenvalue weighted by molar-refractivity contribution is 0.317. The third-order valence-electron chi connectivity index (χ3n) is 2.81. The van der Waals surface area contributed by atoms with Crippen LogP contribution in [0.1, 0.15) is 24.3 Å². The Bertz CT molecular complexity index is 588. The highest BCUT2D eigenvalue weighted by Gasteiger charge is 2.13. The number of hydrogen-bond acceptors (Lipinski definition) is 5. The molecule has 0 bridgehead atoms. The summed E-state index contributed by atoms with van der Waals surface area (Å²) in [5, 5.41) is 22.0. The fourth-order valence-electron chi connectivity index (χ4n) is 1.84. The highest BCUT2D eigenvalue weighted by molar-refractivity contribution is 5.43. The second-order valence-corrected chi connectivity index (χ2v) is 4.18. The molecule has 0 radical (unpaired) electrons. The lowest BCUT2D eigenvalue weighted by atomic mass is 10.1. The van der Waals surface area contributed by atoms with Crippen LogP contribution >= 0.6 is 0 Å². The van der Waals surface area contributed by atoms with Crippen LogP contribution in [0.25, 0.3) is 0 Å². The summed E-state index contributed by atoms with van der Waals surface area (Å²) in [5.41, 5.74) is 0.736. The molecule has 104 valence electrons. The second kappa shape index (κ2) is 6.64. The van der Waals surface area contributed by atoms with Gasteiger partial charge in [0.25, 0.3) is 0 Å². The lowest BCUT2D eigenvalue weighted by Gasteiger charge is -2.13. The molecule has 1 atom stereocenters. The van der Waals surface area contributed by atoms with Crippen molar-refractivity contribution in [2.75, 3.05) is 6.61 Å². The van der Waals surface area contributed by atoms with Crippen molar-refractivity contribution in [2.45, 2.75) is 19.5 Å². The van der Waals surface area contributed by atoms with Gasteiger partial charge in [-0.3, -0.25) is 5.32 Å². The summed E-state index contributed by atoms with van der Waals surface area (Å²) in [6.07, 6.45) is 1.59. The van der Waals surface area contributed by atoms with Crippen LogP contribution in [-0.2, 0) is 6.54 Å². The molecule has 0 saturated heterocycles. The Morgan fingerprint density at radius 2 is 2.30 bits per heavy atom. The van der Waals surface area contributed by atoms with Crippen molar-refractivity contribution in [3.8, 4) is 17.6 Å². The quantitative estimate of drug-likeness (QED) is 0.845. The van der Waals surface area contributed by atoms with E-state index in [2.05, 4.69) is 11.4 Å². The highest BCUT2D eigenvalue weighted by atomic mass is 16.5. The van der Waals surface area contributed by atoms with E-state index >= 15 is 0 Å². The number of nitriles is 1. The number of aromatic hydroxyl groups is 1. The molecule has 0 aliphatic carbocycles. The molecular weight excluding hydrogens is 256 g/mol. The monoisotopic (exact) mass is 272 g/mol. The Labute approximate surface area is 117 Å². The van der Waals surface area contributed by atoms with Gasteiger partial charge in [-0.1, -0.05) is 6.07 Å². The molecule has 2 aromatic rings. The molecule has 1 heterocycles. The number of nitrogens with one attached hydrogen (secondary N) is 1. The van der Waals surface area contributed by atoms with Gasteiger partial charge in [0.15, 0.2) is 11.5 Å². The molecule has 2 N–H and O–H groups in total. The number of benzene rings is 1. The van der Waals surface area contributed by atoms with Crippen molar-refractivity contribution in [3.63, 3.8) is 0 Å². The van der Waals surface area contributed by atoms with Crippen LogP contribution < -0.4 is 10.1 Å². The molecule has 0 aliphatic heterocycles. The molecular formula is C15H16N2O3. The predicted octanol–water partition coefficient (Wildman–Crippen LogP) is 2.74. The number of phenolic OH excluding ortho intramolecular Hbond substituents is 1. The summed E-state index contributed by atoms with van der Waals surface area (Å²) in [7, 11) is 0. The predicted molar refractivity (Wildman–Crippen MR) is 73.2 cm³/mol. The number of hydrogen-bond donors (Lipinski definition) is 2. The van der Waals surface area contributed by atoms with Crippen LogP contribution in [0, 0.1) is 11.3 Å². The van der Waals surface area contributed by atoms with Gasteiger partial charge in [0.05, 0.1) is 25.5 Å². The second-order valence-electron chi connectivity index (χ2n) is 4.18. The summed E-state index contributed by atoms with van der Waals surface area (Å²) in [5.74, 6) is 1.21. The molecule has 5 nitrogen and oxygen atoms in total. The van der Waals surface area contributed by atoms with Gasteiger partial charge in [-0.15, -0.1) is 0 Å². The van der Waals surface area contributed by atoms with E-state index in [9.17, 15) is 10.4 Å². The van der Waals surface area contributed by atoms with E-state index in [0.717, 1.165) is 11.3 Å². The standard InChI is InChI=1S/C15H16N2O3/c1-2-19-15-8-11(5-6-14(15)18)13(9-16)17-10-12-4-3-7-20-12/h3-8,13,17-18H,2,10H2,1H3. The van der Waals surface area contributed by atoms with Gasteiger partial charge < -0.3 is 14.3 Å². The topological polar surface area (TPSA) is 78.4 Å². The third-order valence-corrected chi connectivity index (χ3v) is 2.81. The maximum absolute atomic E-state index is 9.66. The van der Waals surface area contributed by atoms with Crippen molar-refractivity contribution >= 4 is 0 Å². The lowest BCUT2D eigenvalue weighted by Crippen LogP contribution is -2.19. The van der Waals surface area contributed by atoms with Crippen LogP contribution in [0.2, 0.25) is 0 Å². The minimum atomic E-state index is -0.500. The first-order valence-electron chi connectivity index (χ1n) is 6.35. The fraction of sp³-hybridized carbons (Fsp3) is 0.267. The zero-order chi connectivity index (χ0) is 14.4. The Balaban J connectivity index is 2.11. The molecule has 2 rings (SSSR count). The maximum atomic E-state index is 9.66. The van der Waals surface area contributed by atoms with Gasteiger partial charge in [-0.2, -0.15) is 5.26 Å². The van der Waals surface area contributed by atoms with E-state index in [1.165, 1.54) is 6.07 Å². The van der Waals surface area contributed by atoms with Gasteiger partial charge >= 0.3 is 0 Å². The molecule has 0 saturated carbocycles. The minimum absolute atomic E-state index is 0.0679. The average Bonchev–Trinajstić information content (AvgIpc) is 2.96. The van der Waals surface area contributed by atoms with Gasteiger partial charge in [0, 0.05) is 0 Å². The van der Waals surface area contributed by atoms with E-state index < -0.39 is 6.04 Å². The number of nitrogens with zero attached hydrogens (tertiary/aromatic N) is 1. The maximum Gasteiger partial charge on any atom is 0.161 e. The van der Waals surface area contributed by atoms with E-state index in [-0.39, 0.29) is 5.75 Å². The molecule has 1 aromatic carbocycles. The van der Waals surface area contributed by atoms with E-state index in [1.54, 1.807) is 24.5 Å². The SMILES string of the molecule is CCOc1cc(C(C#N)NCc2ccco2)ccc1O. The molecule has 0 aliphatic rings. The zero-order valence-corrected chi connectivity index (χ0v) is 11.2. The summed E-state index contributed by atoms with van der Waals surface area (Å²) in [6.45, 7) is 2.74. The molecule has 0 amide bonds. The van der Waals surface area contributed by atoms with Crippen LogP contribution in [0.15, 0.2) is 41.0 Å². The van der Waals surface area contributed by atoms with Crippen LogP contribution in [0.4, 0.5) is 0 Å². The molecule has 0 fully saturated rings. The normalized spacial score (nSPS) is 11.8. The van der Waals surface area contributed by atoms with Crippen molar-refractivity contribution in [1.82, 2.24) is 5.32 Å². The minimum Gasteiger partial charge on any atom is -0.504 e. The highest BCUT2D eigenvalue weighted by Crippen LogP contribution is 2.29. The summed E-state index contributed by atoms with van der Waals surface area (Å²) < 4.78 is 10.5. The molecule has 1 aromatic heterocycles. The van der Waals surface area contributed by atoms with Gasteiger partial charge in [-0.25, -0.2) is 0 Å². The zero-order valence-electron chi connectivity index (χ0n) is 11.2. The third kappa shape index (κ3) is 3.31. The summed E-state index contributed by atoms with van der Waals surface area (Å²) in [4.78, 5) is 0. The van der Waals surface area contributed by atoms with E-state index in [1.807, 2.05) is 13.0 Å². The van der Waals surface area contributed by atoms with Crippen molar-refractivity contribution in [2.24, 2.45) is 0 Å². The first-order valence-corrected chi connectivity index (χ1v) is 6.35. The van der Waals surface area contributed by atoms with E-state index in [0.29, 0.717) is 18.9 Å². The number of ether oxygens (including phenoxy) is 1. The Hall–Kier alpha value is -2.45. The van der Waals surface area contributed by atoms with E-state index in [4.69, 9.17) is 9.15 Å². The van der Waals surface area contributed by atoms with Gasteiger partial charge in [0.1, 0.15) is 11.8 Å². The van der Waals surface area contributed by atoms with Crippen LogP contribution in [-0.4, -0.2) is 11.7 Å². The molecule has 20 heavy (non-hydrogen) atoms. The van der Waals surface area contributed by atoms with Crippen molar-refractivity contribution < 1.29 is 14.3 Å². The van der Waals surface area contributed by atoms with Crippen LogP contribution in [0.3, 0.4) is 0 Å². The summed E-state index contributed by atoms with van der Waals surface area (Å²) >= 11 is 0.